The van der Waals surface area contributed by atoms with Gasteiger partial charge >= 0.3 is 0 Å². The van der Waals surface area contributed by atoms with Crippen LogP contribution in [0.2, 0.25) is 0 Å². The van der Waals surface area contributed by atoms with Crippen LogP contribution in [-0.4, -0.2) is 37.1 Å². The molecule has 1 aromatic carbocycles. The summed E-state index contributed by atoms with van der Waals surface area (Å²) in [6.45, 7) is 1.98. The third kappa shape index (κ3) is 4.22. The minimum Gasteiger partial charge on any atom is -0.493 e. The Kier molecular flexibility index (Phi) is 5.56. The van der Waals surface area contributed by atoms with Crippen LogP contribution in [0.3, 0.4) is 0 Å². The second-order valence-electron chi connectivity index (χ2n) is 6.77. The van der Waals surface area contributed by atoms with E-state index in [1.807, 2.05) is 50.2 Å². The molecule has 0 aliphatic rings. The summed E-state index contributed by atoms with van der Waals surface area (Å²) < 4.78 is 12.2. The molecule has 0 unspecified atom stereocenters. The molecule has 30 heavy (non-hydrogen) atoms. The van der Waals surface area contributed by atoms with E-state index < -0.39 is 0 Å². The highest BCUT2D eigenvalue weighted by atomic mass is 32.1. The highest BCUT2D eigenvalue weighted by Gasteiger charge is 2.15. The van der Waals surface area contributed by atoms with Gasteiger partial charge in [-0.15, -0.1) is 11.3 Å². The molecule has 4 aromatic rings. The molecule has 0 aliphatic heterocycles. The van der Waals surface area contributed by atoms with Crippen molar-refractivity contribution in [2.24, 2.45) is 0 Å². The second kappa shape index (κ2) is 8.29. The summed E-state index contributed by atoms with van der Waals surface area (Å²) in [7, 11) is 5.50. The molecular formula is C21H20N4O3S2. The minimum atomic E-state index is -0.188. The van der Waals surface area contributed by atoms with Gasteiger partial charge in [0.25, 0.3) is 5.91 Å². The number of hydrogen-bond acceptors (Lipinski definition) is 8. The zero-order valence-electron chi connectivity index (χ0n) is 16.9. The van der Waals surface area contributed by atoms with Crippen molar-refractivity contribution >= 4 is 48.9 Å². The number of ether oxygens (including phenoxy) is 2. The van der Waals surface area contributed by atoms with Crippen LogP contribution >= 0.6 is 22.7 Å². The predicted molar refractivity (Wildman–Crippen MR) is 122 cm³/mol. The number of fused-ring (bicyclic) bond motifs is 1. The normalized spacial score (nSPS) is 10.8. The molecule has 1 amide bonds. The Morgan fingerprint density at radius 2 is 1.93 bits per heavy atom. The number of thiazole rings is 1. The van der Waals surface area contributed by atoms with Crippen molar-refractivity contribution < 1.29 is 14.3 Å². The number of anilines is 2. The number of hydrogen-bond donors (Lipinski definition) is 1. The van der Waals surface area contributed by atoms with E-state index in [-0.39, 0.29) is 5.91 Å². The van der Waals surface area contributed by atoms with Crippen molar-refractivity contribution in [1.82, 2.24) is 9.97 Å². The zero-order valence-corrected chi connectivity index (χ0v) is 18.6. The van der Waals surface area contributed by atoms with Crippen LogP contribution in [0.15, 0.2) is 42.6 Å². The maximum atomic E-state index is 12.6. The Morgan fingerprint density at radius 3 is 2.60 bits per heavy atom. The van der Waals surface area contributed by atoms with Crippen LogP contribution in [0.5, 0.6) is 17.4 Å². The fourth-order valence-electron chi connectivity index (χ4n) is 2.71. The number of benzene rings is 1. The Balaban J connectivity index is 1.44. The van der Waals surface area contributed by atoms with Crippen LogP contribution in [-0.2, 0) is 0 Å². The lowest BCUT2D eigenvalue weighted by Gasteiger charge is -2.10. The lowest BCUT2D eigenvalue weighted by Crippen LogP contribution is -2.10. The number of nitrogens with one attached hydrogen (secondary N) is 1. The zero-order chi connectivity index (χ0) is 21.3. The SMILES string of the molecule is COc1cc(C)ccc1Oc1ccc(NC(=O)c2cc3sc(N(C)C)nc3s2)cn1. The summed E-state index contributed by atoms with van der Waals surface area (Å²) in [5.41, 5.74) is 1.66. The van der Waals surface area contributed by atoms with Crippen molar-refractivity contribution in [3.63, 3.8) is 0 Å². The van der Waals surface area contributed by atoms with Crippen molar-refractivity contribution in [2.45, 2.75) is 6.92 Å². The molecule has 0 bridgehead atoms. The molecule has 0 atom stereocenters. The minimum absolute atomic E-state index is 0.188. The number of thiophene rings is 1. The monoisotopic (exact) mass is 440 g/mol. The average Bonchev–Trinajstić information content (AvgIpc) is 3.30. The standard InChI is InChI=1S/C21H20N4O3S2/c1-12-5-7-14(15(9-12)27-4)28-18-8-6-13(11-22-18)23-19(26)16-10-17-20(29-16)24-21(30-17)25(2)3/h5-11H,1-4H3,(H,23,26). The number of aromatic nitrogens is 2. The fraction of sp³-hybridized carbons (Fsp3) is 0.190. The molecule has 4 rings (SSSR count). The number of pyridine rings is 1. The fourth-order valence-corrected chi connectivity index (χ4v) is 4.73. The summed E-state index contributed by atoms with van der Waals surface area (Å²) in [6, 6.07) is 11.0. The maximum absolute atomic E-state index is 12.6. The number of nitrogens with zero attached hydrogens (tertiary/aromatic N) is 3. The molecule has 0 spiro atoms. The average molecular weight is 441 g/mol. The second-order valence-corrected chi connectivity index (χ2v) is 8.81. The first-order valence-corrected chi connectivity index (χ1v) is 10.7. The molecule has 3 aromatic heterocycles. The van der Waals surface area contributed by atoms with E-state index in [1.165, 1.54) is 11.3 Å². The van der Waals surface area contributed by atoms with Gasteiger partial charge in [0.1, 0.15) is 4.83 Å². The van der Waals surface area contributed by atoms with E-state index in [1.54, 1.807) is 36.8 Å². The van der Waals surface area contributed by atoms with Crippen LogP contribution < -0.4 is 19.7 Å². The Labute approximate surface area is 181 Å². The van der Waals surface area contributed by atoms with E-state index >= 15 is 0 Å². The van der Waals surface area contributed by atoms with E-state index in [9.17, 15) is 4.79 Å². The molecule has 0 fully saturated rings. The van der Waals surface area contributed by atoms with E-state index in [0.717, 1.165) is 20.2 Å². The van der Waals surface area contributed by atoms with Crippen molar-refractivity contribution in [1.29, 1.82) is 0 Å². The van der Waals surface area contributed by atoms with Gasteiger partial charge in [0.05, 0.1) is 28.6 Å². The van der Waals surface area contributed by atoms with E-state index in [2.05, 4.69) is 15.3 Å². The van der Waals surface area contributed by atoms with Gasteiger partial charge in [-0.2, -0.15) is 0 Å². The third-order valence-corrected chi connectivity index (χ3v) is 6.54. The summed E-state index contributed by atoms with van der Waals surface area (Å²) >= 11 is 2.94. The van der Waals surface area contributed by atoms with Gasteiger partial charge < -0.3 is 19.7 Å². The van der Waals surface area contributed by atoms with Crippen LogP contribution in [0.25, 0.3) is 9.53 Å². The molecular weight excluding hydrogens is 420 g/mol. The number of carbonyl (C=O) groups excluding carboxylic acids is 1. The quantitative estimate of drug-likeness (QED) is 0.445. The lowest BCUT2D eigenvalue weighted by atomic mass is 10.2. The number of methoxy groups -OCH3 is 1. The highest BCUT2D eigenvalue weighted by molar-refractivity contribution is 7.29. The van der Waals surface area contributed by atoms with Crippen molar-refractivity contribution in [3.8, 4) is 17.4 Å². The third-order valence-electron chi connectivity index (χ3n) is 4.21. The first-order valence-electron chi connectivity index (χ1n) is 9.10. The molecule has 154 valence electrons. The predicted octanol–water partition coefficient (Wildman–Crippen LogP) is 5.18. The van der Waals surface area contributed by atoms with Gasteiger partial charge in [-0.1, -0.05) is 17.4 Å². The van der Waals surface area contributed by atoms with Gasteiger partial charge in [-0.05, 0) is 36.8 Å². The molecule has 0 aliphatic carbocycles. The van der Waals surface area contributed by atoms with Crippen LogP contribution in [0.1, 0.15) is 15.2 Å². The van der Waals surface area contributed by atoms with Gasteiger partial charge in [0.15, 0.2) is 16.6 Å². The number of carbonyl (C=O) groups is 1. The van der Waals surface area contributed by atoms with Gasteiger partial charge in [0.2, 0.25) is 5.88 Å². The Hall–Kier alpha value is -3.17. The van der Waals surface area contributed by atoms with E-state index in [0.29, 0.717) is 27.9 Å². The first kappa shape index (κ1) is 20.1. The van der Waals surface area contributed by atoms with Crippen molar-refractivity contribution in [2.75, 3.05) is 31.4 Å². The topological polar surface area (TPSA) is 76.6 Å². The molecule has 0 radical (unpaired) electrons. The molecule has 3 heterocycles. The number of rotatable bonds is 6. The largest absolute Gasteiger partial charge is 0.493 e. The van der Waals surface area contributed by atoms with Crippen LogP contribution in [0, 0.1) is 6.92 Å². The molecule has 9 heteroatoms. The molecule has 0 saturated carbocycles. The summed E-state index contributed by atoms with van der Waals surface area (Å²) in [5, 5.41) is 3.79. The molecule has 0 saturated heterocycles. The summed E-state index contributed by atoms with van der Waals surface area (Å²) in [6.07, 6.45) is 1.56. The molecule has 7 nitrogen and oxygen atoms in total. The molecule has 1 N–H and O–H groups in total. The first-order chi connectivity index (χ1) is 14.4. The van der Waals surface area contributed by atoms with Gasteiger partial charge in [0, 0.05) is 20.2 Å². The van der Waals surface area contributed by atoms with Crippen molar-refractivity contribution in [3.05, 3.63) is 53.0 Å². The van der Waals surface area contributed by atoms with Crippen LogP contribution in [0.4, 0.5) is 10.8 Å². The number of amides is 1. The number of aryl methyl sites for hydroxylation is 1. The maximum Gasteiger partial charge on any atom is 0.265 e. The Bertz CT molecular complexity index is 1170. The summed E-state index contributed by atoms with van der Waals surface area (Å²) in [5.74, 6) is 1.44. The highest BCUT2D eigenvalue weighted by Crippen LogP contribution is 2.34. The van der Waals surface area contributed by atoms with E-state index in [4.69, 9.17) is 9.47 Å². The summed E-state index contributed by atoms with van der Waals surface area (Å²) in [4.78, 5) is 24.8. The lowest BCUT2D eigenvalue weighted by molar-refractivity contribution is 0.103. The Morgan fingerprint density at radius 1 is 1.10 bits per heavy atom. The smallest absolute Gasteiger partial charge is 0.265 e. The van der Waals surface area contributed by atoms with Gasteiger partial charge in [-0.3, -0.25) is 4.79 Å². The van der Waals surface area contributed by atoms with Gasteiger partial charge in [-0.25, -0.2) is 9.97 Å².